The third-order valence-electron chi connectivity index (χ3n) is 9.11. The Hall–Kier alpha value is -1.66. The third kappa shape index (κ3) is 2.90. The molecule has 7 atom stereocenters. The van der Waals surface area contributed by atoms with Gasteiger partial charge in [0.25, 0.3) is 0 Å². The first-order valence-electron chi connectivity index (χ1n) is 12.0. The monoisotopic (exact) mass is 428 g/mol. The molecule has 0 N–H and O–H groups in total. The number of carbonyl (C=O) groups is 1. The van der Waals surface area contributed by atoms with Gasteiger partial charge in [0, 0.05) is 44.6 Å². The van der Waals surface area contributed by atoms with Crippen molar-refractivity contribution in [3.63, 3.8) is 0 Å². The second-order valence-corrected chi connectivity index (χ2v) is 10.7. The van der Waals surface area contributed by atoms with Crippen LogP contribution in [0, 0.1) is 29.5 Å². The molecule has 2 aliphatic carbocycles. The summed E-state index contributed by atoms with van der Waals surface area (Å²) in [6.07, 6.45) is 4.50. The van der Waals surface area contributed by atoms with Gasteiger partial charge < -0.3 is 14.4 Å². The van der Waals surface area contributed by atoms with Crippen LogP contribution in [0.25, 0.3) is 0 Å². The van der Waals surface area contributed by atoms with E-state index in [4.69, 9.17) is 9.47 Å². The summed E-state index contributed by atoms with van der Waals surface area (Å²) in [5.74, 6) is 1.03. The molecule has 3 aliphatic heterocycles. The third-order valence-corrected chi connectivity index (χ3v) is 9.11. The first kappa shape index (κ1) is 20.0. The topological polar surface area (TPSA) is 45.3 Å². The lowest BCUT2D eigenvalue weighted by Gasteiger charge is -2.50. The zero-order valence-corrected chi connectivity index (χ0v) is 18.6. The van der Waals surface area contributed by atoms with Gasteiger partial charge in [-0.3, -0.25) is 9.69 Å². The van der Waals surface area contributed by atoms with Crippen LogP contribution < -0.4 is 4.90 Å². The molecule has 168 valence electrons. The van der Waals surface area contributed by atoms with Crippen LogP contribution in [0.5, 0.6) is 0 Å². The van der Waals surface area contributed by atoms with Crippen LogP contribution in [0.15, 0.2) is 24.3 Å². The molecule has 0 radical (unpaired) electrons. The minimum absolute atomic E-state index is 0.0135. The van der Waals surface area contributed by atoms with Crippen LogP contribution in [0.4, 0.5) is 10.1 Å². The van der Waals surface area contributed by atoms with Crippen molar-refractivity contribution in [3.8, 4) is 0 Å². The number of halogens is 1. The van der Waals surface area contributed by atoms with Crippen molar-refractivity contribution in [1.82, 2.24) is 4.90 Å². The molecule has 2 saturated carbocycles. The number of epoxide rings is 1. The highest BCUT2D eigenvalue weighted by molar-refractivity contribution is 5.77. The van der Waals surface area contributed by atoms with Crippen LogP contribution in [-0.2, 0) is 14.3 Å². The second-order valence-electron chi connectivity index (χ2n) is 10.7. The molecule has 1 spiro atoms. The number of ether oxygens (including phenoxy) is 2. The maximum absolute atomic E-state index is 14.2. The Morgan fingerprint density at radius 3 is 2.65 bits per heavy atom. The Balaban J connectivity index is 1.17. The van der Waals surface area contributed by atoms with E-state index < -0.39 is 5.60 Å². The molecule has 0 amide bonds. The lowest BCUT2D eigenvalue weighted by Crippen LogP contribution is -2.58. The van der Waals surface area contributed by atoms with Gasteiger partial charge in [0.05, 0.1) is 17.2 Å². The summed E-state index contributed by atoms with van der Waals surface area (Å²) in [4.78, 5) is 17.7. The lowest BCUT2D eigenvalue weighted by atomic mass is 9.55. The number of para-hydroxylation sites is 1. The molecule has 6 rings (SSSR count). The fourth-order valence-electron chi connectivity index (χ4n) is 7.42. The van der Waals surface area contributed by atoms with Crippen LogP contribution in [0.3, 0.4) is 0 Å². The van der Waals surface area contributed by atoms with Crippen LogP contribution >= 0.6 is 0 Å². The minimum atomic E-state index is -0.401. The average molecular weight is 429 g/mol. The van der Waals surface area contributed by atoms with Gasteiger partial charge in [-0.05, 0) is 50.7 Å². The predicted octanol–water partition coefficient (Wildman–Crippen LogP) is 3.47. The van der Waals surface area contributed by atoms with Gasteiger partial charge in [0.1, 0.15) is 17.5 Å². The number of rotatable bonds is 3. The average Bonchev–Trinajstić information content (AvgIpc) is 3.39. The van der Waals surface area contributed by atoms with Gasteiger partial charge >= 0.3 is 5.97 Å². The number of esters is 1. The van der Waals surface area contributed by atoms with Crippen LogP contribution in [0.2, 0.25) is 0 Å². The molecule has 0 unspecified atom stereocenters. The Morgan fingerprint density at radius 1 is 1.10 bits per heavy atom. The van der Waals surface area contributed by atoms with E-state index in [0.29, 0.717) is 17.5 Å². The molecule has 1 aromatic carbocycles. The lowest BCUT2D eigenvalue weighted by molar-refractivity contribution is -0.168. The largest absolute Gasteiger partial charge is 0.455 e. The summed E-state index contributed by atoms with van der Waals surface area (Å²) >= 11 is 0. The summed E-state index contributed by atoms with van der Waals surface area (Å²) in [5.41, 5.74) is 0.186. The number of hydrogen-bond acceptors (Lipinski definition) is 5. The summed E-state index contributed by atoms with van der Waals surface area (Å²) in [6, 6.07) is 6.99. The second kappa shape index (κ2) is 6.92. The van der Waals surface area contributed by atoms with Crippen molar-refractivity contribution >= 4 is 11.7 Å². The summed E-state index contributed by atoms with van der Waals surface area (Å²) < 4.78 is 26.7. The molecule has 31 heavy (non-hydrogen) atoms. The Morgan fingerprint density at radius 2 is 1.87 bits per heavy atom. The summed E-state index contributed by atoms with van der Waals surface area (Å²) in [7, 11) is 0. The first-order chi connectivity index (χ1) is 14.9. The fraction of sp³-hybridized carbons (Fsp3) is 0.720. The fourth-order valence-corrected chi connectivity index (χ4v) is 7.42. The van der Waals surface area contributed by atoms with Crippen LogP contribution in [-0.4, -0.2) is 60.9 Å². The molecule has 0 aromatic heterocycles. The molecule has 6 heteroatoms. The molecular weight excluding hydrogens is 395 g/mol. The molecule has 5 aliphatic rings. The maximum Gasteiger partial charge on any atom is 0.311 e. The SMILES string of the molecule is C[C@H]1CC[C@H]2[C@H](CN3CCN(c4ccccc4F)CC3)C(=O)O[C@@]23[C@@H]1CC[C@@]1(C)O[C@H]31. The first-order valence-corrected chi connectivity index (χ1v) is 12.0. The van der Waals surface area contributed by atoms with E-state index in [1.807, 2.05) is 12.1 Å². The van der Waals surface area contributed by atoms with E-state index in [-0.39, 0.29) is 35.3 Å². The minimum Gasteiger partial charge on any atom is -0.455 e. The molecule has 3 heterocycles. The van der Waals surface area contributed by atoms with E-state index in [1.54, 1.807) is 6.07 Å². The van der Waals surface area contributed by atoms with Gasteiger partial charge in [0.15, 0.2) is 0 Å². The van der Waals surface area contributed by atoms with Crippen molar-refractivity contribution in [2.45, 2.75) is 56.8 Å². The molecule has 5 nitrogen and oxygen atoms in total. The number of anilines is 1. The van der Waals surface area contributed by atoms with E-state index in [2.05, 4.69) is 23.6 Å². The van der Waals surface area contributed by atoms with Gasteiger partial charge in [-0.2, -0.15) is 0 Å². The molecular formula is C25H33FN2O3. The zero-order valence-electron chi connectivity index (χ0n) is 18.6. The van der Waals surface area contributed by atoms with Gasteiger partial charge in [-0.15, -0.1) is 0 Å². The Kier molecular flexibility index (Phi) is 4.46. The molecule has 5 fully saturated rings. The normalized spacial score (nSPS) is 44.3. The maximum atomic E-state index is 14.2. The number of nitrogens with zero attached hydrogens (tertiary/aromatic N) is 2. The van der Waals surface area contributed by atoms with Crippen molar-refractivity contribution in [2.75, 3.05) is 37.6 Å². The highest BCUT2D eigenvalue weighted by atomic mass is 19.1. The van der Waals surface area contributed by atoms with E-state index in [1.165, 1.54) is 12.5 Å². The zero-order chi connectivity index (χ0) is 21.4. The standard InChI is InChI=1S/C25H33FN2O3/c1-16-7-8-19-17(22(29)30-25(19)18(16)9-10-24(2)23(25)31-24)15-27-11-13-28(14-12-27)21-6-4-3-5-20(21)26/h3-6,16-19,23H,7-15H2,1-2H3/t16-,17-,18+,19-,23-,24+,25-/m0/s1. The number of carbonyl (C=O) groups excluding carboxylic acids is 1. The highest BCUT2D eigenvalue weighted by Crippen LogP contribution is 2.66. The van der Waals surface area contributed by atoms with Crippen molar-refractivity contribution in [1.29, 1.82) is 0 Å². The predicted molar refractivity (Wildman–Crippen MR) is 115 cm³/mol. The number of fused-ring (bicyclic) bond motifs is 1. The highest BCUT2D eigenvalue weighted by Gasteiger charge is 2.77. The summed E-state index contributed by atoms with van der Waals surface area (Å²) in [6.45, 7) is 8.52. The van der Waals surface area contributed by atoms with Crippen molar-refractivity contribution in [3.05, 3.63) is 30.1 Å². The number of piperazine rings is 1. The smallest absolute Gasteiger partial charge is 0.311 e. The van der Waals surface area contributed by atoms with E-state index in [0.717, 1.165) is 52.0 Å². The van der Waals surface area contributed by atoms with Gasteiger partial charge in [-0.1, -0.05) is 19.1 Å². The van der Waals surface area contributed by atoms with E-state index >= 15 is 0 Å². The van der Waals surface area contributed by atoms with E-state index in [9.17, 15) is 9.18 Å². The quantitative estimate of drug-likeness (QED) is 0.545. The molecule has 1 aromatic rings. The van der Waals surface area contributed by atoms with Crippen LogP contribution in [0.1, 0.15) is 39.5 Å². The molecule has 0 bridgehead atoms. The molecule has 3 saturated heterocycles. The summed E-state index contributed by atoms with van der Waals surface area (Å²) in [5, 5.41) is 0. The van der Waals surface area contributed by atoms with Crippen molar-refractivity contribution in [2.24, 2.45) is 23.7 Å². The van der Waals surface area contributed by atoms with Gasteiger partial charge in [-0.25, -0.2) is 4.39 Å². The van der Waals surface area contributed by atoms with Gasteiger partial charge in [0.2, 0.25) is 0 Å². The number of benzene rings is 1. The Labute approximate surface area is 183 Å². The van der Waals surface area contributed by atoms with Crippen molar-refractivity contribution < 1.29 is 18.7 Å². The Bertz CT molecular complexity index is 887. The number of hydrogen-bond donors (Lipinski definition) is 0.